The summed E-state index contributed by atoms with van der Waals surface area (Å²) >= 11 is 1.38. The van der Waals surface area contributed by atoms with Crippen molar-refractivity contribution in [2.24, 2.45) is 0 Å². The normalized spacial score (nSPS) is 10.3. The molecule has 1 amide bonds. The van der Waals surface area contributed by atoms with Crippen LogP contribution in [0, 0.1) is 0 Å². The quantitative estimate of drug-likeness (QED) is 0.790. The van der Waals surface area contributed by atoms with Gasteiger partial charge in [-0.1, -0.05) is 0 Å². The van der Waals surface area contributed by atoms with Gasteiger partial charge in [-0.25, -0.2) is 14.6 Å². The summed E-state index contributed by atoms with van der Waals surface area (Å²) in [6, 6.07) is 7.09. The van der Waals surface area contributed by atoms with Gasteiger partial charge in [-0.15, -0.1) is 11.3 Å². The first kappa shape index (κ1) is 11.5. The van der Waals surface area contributed by atoms with E-state index in [9.17, 15) is 4.79 Å². The molecular weight excluding hydrogens is 262 g/mol. The lowest BCUT2D eigenvalue weighted by Gasteiger charge is -2.03. The van der Waals surface area contributed by atoms with E-state index in [2.05, 4.69) is 20.4 Å². The average Bonchev–Trinajstić information content (AvgIpc) is 3.12. The molecule has 0 aliphatic carbocycles. The van der Waals surface area contributed by atoms with Crippen LogP contribution in [0.5, 0.6) is 0 Å². The molecule has 0 saturated heterocycles. The van der Waals surface area contributed by atoms with Gasteiger partial charge in [0.25, 0.3) is 5.91 Å². The van der Waals surface area contributed by atoms with Gasteiger partial charge in [-0.05, 0) is 24.3 Å². The Labute approximate surface area is 112 Å². The van der Waals surface area contributed by atoms with Crippen molar-refractivity contribution >= 4 is 22.4 Å². The van der Waals surface area contributed by atoms with Crippen LogP contribution in [0.2, 0.25) is 0 Å². The van der Waals surface area contributed by atoms with Crippen LogP contribution in [0.3, 0.4) is 0 Å². The van der Waals surface area contributed by atoms with Gasteiger partial charge in [0.1, 0.15) is 12.7 Å². The Morgan fingerprint density at radius 3 is 2.74 bits per heavy atom. The molecule has 19 heavy (non-hydrogen) atoms. The third kappa shape index (κ3) is 2.50. The zero-order chi connectivity index (χ0) is 13.1. The van der Waals surface area contributed by atoms with Gasteiger partial charge >= 0.3 is 0 Å². The average molecular weight is 271 g/mol. The van der Waals surface area contributed by atoms with Crippen molar-refractivity contribution in [2.75, 3.05) is 5.32 Å². The number of aromatic nitrogens is 4. The van der Waals surface area contributed by atoms with Crippen molar-refractivity contribution < 1.29 is 4.79 Å². The summed E-state index contributed by atoms with van der Waals surface area (Å²) in [5.74, 6) is -0.180. The number of rotatable bonds is 3. The van der Waals surface area contributed by atoms with Crippen LogP contribution >= 0.6 is 11.3 Å². The lowest BCUT2D eigenvalue weighted by Crippen LogP contribution is -2.11. The fourth-order valence-electron chi connectivity index (χ4n) is 1.56. The number of anilines is 1. The van der Waals surface area contributed by atoms with E-state index < -0.39 is 0 Å². The van der Waals surface area contributed by atoms with Gasteiger partial charge in [0, 0.05) is 17.1 Å². The van der Waals surface area contributed by atoms with Crippen LogP contribution in [0.4, 0.5) is 5.13 Å². The maximum atomic E-state index is 11.9. The van der Waals surface area contributed by atoms with E-state index in [1.54, 1.807) is 29.3 Å². The summed E-state index contributed by atoms with van der Waals surface area (Å²) in [6.07, 6.45) is 4.71. The molecule has 1 aromatic carbocycles. The highest BCUT2D eigenvalue weighted by molar-refractivity contribution is 7.13. The number of carbonyl (C=O) groups excluding carboxylic acids is 1. The van der Waals surface area contributed by atoms with Gasteiger partial charge in [-0.3, -0.25) is 10.1 Å². The topological polar surface area (TPSA) is 72.7 Å². The molecule has 0 atom stereocenters. The Morgan fingerprint density at radius 1 is 1.26 bits per heavy atom. The van der Waals surface area contributed by atoms with Crippen LogP contribution in [0.15, 0.2) is 48.5 Å². The largest absolute Gasteiger partial charge is 0.298 e. The summed E-state index contributed by atoms with van der Waals surface area (Å²) in [5.41, 5.74) is 1.42. The molecule has 0 aliphatic rings. The zero-order valence-corrected chi connectivity index (χ0v) is 10.5. The SMILES string of the molecule is O=C(Nc1nccs1)c1ccc(-n2cncn2)cc1. The summed E-state index contributed by atoms with van der Waals surface area (Å²) in [6.45, 7) is 0. The smallest absolute Gasteiger partial charge is 0.257 e. The Balaban J connectivity index is 1.77. The minimum absolute atomic E-state index is 0.180. The van der Waals surface area contributed by atoms with E-state index in [4.69, 9.17) is 0 Å². The lowest BCUT2D eigenvalue weighted by atomic mass is 10.2. The second-order valence-corrected chi connectivity index (χ2v) is 4.57. The molecule has 7 heteroatoms. The van der Waals surface area contributed by atoms with Crippen molar-refractivity contribution in [3.63, 3.8) is 0 Å². The van der Waals surface area contributed by atoms with Gasteiger partial charge < -0.3 is 0 Å². The maximum absolute atomic E-state index is 11.9. The number of thiazole rings is 1. The number of hydrogen-bond acceptors (Lipinski definition) is 5. The Bertz CT molecular complexity index is 661. The summed E-state index contributed by atoms with van der Waals surface area (Å²) in [4.78, 5) is 19.8. The molecule has 0 unspecified atom stereocenters. The van der Waals surface area contributed by atoms with Gasteiger partial charge in [-0.2, -0.15) is 5.10 Å². The molecule has 0 saturated carbocycles. The Hall–Kier alpha value is -2.54. The molecule has 6 nitrogen and oxygen atoms in total. The molecule has 2 heterocycles. The van der Waals surface area contributed by atoms with Gasteiger partial charge in [0.15, 0.2) is 5.13 Å². The van der Waals surface area contributed by atoms with Crippen molar-refractivity contribution in [1.82, 2.24) is 19.7 Å². The number of nitrogens with zero attached hydrogens (tertiary/aromatic N) is 4. The summed E-state index contributed by atoms with van der Waals surface area (Å²) in [5, 5.41) is 9.14. The van der Waals surface area contributed by atoms with E-state index in [1.807, 2.05) is 17.5 Å². The number of amides is 1. The predicted molar refractivity (Wildman–Crippen MR) is 71.4 cm³/mol. The molecule has 0 bridgehead atoms. The Morgan fingerprint density at radius 2 is 2.11 bits per heavy atom. The van der Waals surface area contributed by atoms with Crippen LogP contribution in [-0.4, -0.2) is 25.7 Å². The molecule has 1 N–H and O–H groups in total. The molecule has 2 aromatic heterocycles. The first-order chi connectivity index (χ1) is 9.33. The van der Waals surface area contributed by atoms with E-state index in [0.717, 1.165) is 5.69 Å². The highest BCUT2D eigenvalue weighted by Crippen LogP contribution is 2.13. The van der Waals surface area contributed by atoms with Crippen molar-refractivity contribution in [1.29, 1.82) is 0 Å². The fraction of sp³-hybridized carbons (Fsp3) is 0. The van der Waals surface area contributed by atoms with Crippen LogP contribution in [-0.2, 0) is 0 Å². The van der Waals surface area contributed by atoms with Gasteiger partial charge in [0.05, 0.1) is 5.69 Å². The molecule has 94 valence electrons. The number of benzene rings is 1. The van der Waals surface area contributed by atoms with Crippen molar-refractivity contribution in [3.05, 3.63) is 54.1 Å². The summed E-state index contributed by atoms with van der Waals surface area (Å²) < 4.78 is 1.63. The van der Waals surface area contributed by atoms with E-state index in [0.29, 0.717) is 10.7 Å². The number of carbonyl (C=O) groups is 1. The number of hydrogen-bond donors (Lipinski definition) is 1. The highest BCUT2D eigenvalue weighted by Gasteiger charge is 2.07. The van der Waals surface area contributed by atoms with E-state index in [1.165, 1.54) is 17.7 Å². The first-order valence-electron chi connectivity index (χ1n) is 5.49. The third-order valence-electron chi connectivity index (χ3n) is 2.47. The molecule has 0 aliphatic heterocycles. The first-order valence-corrected chi connectivity index (χ1v) is 6.37. The predicted octanol–water partition coefficient (Wildman–Crippen LogP) is 1.98. The third-order valence-corrected chi connectivity index (χ3v) is 3.15. The molecular formula is C12H9N5OS. The number of nitrogens with one attached hydrogen (secondary N) is 1. The molecule has 3 aromatic rings. The zero-order valence-electron chi connectivity index (χ0n) is 9.72. The minimum atomic E-state index is -0.180. The monoisotopic (exact) mass is 271 g/mol. The summed E-state index contributed by atoms with van der Waals surface area (Å²) in [7, 11) is 0. The molecule has 0 radical (unpaired) electrons. The second kappa shape index (κ2) is 4.99. The molecule has 3 rings (SSSR count). The Kier molecular flexibility index (Phi) is 3.03. The van der Waals surface area contributed by atoms with Gasteiger partial charge in [0.2, 0.25) is 0 Å². The van der Waals surface area contributed by atoms with Crippen LogP contribution in [0.1, 0.15) is 10.4 Å². The maximum Gasteiger partial charge on any atom is 0.257 e. The lowest BCUT2D eigenvalue weighted by molar-refractivity contribution is 0.102. The van der Waals surface area contributed by atoms with E-state index in [-0.39, 0.29) is 5.91 Å². The van der Waals surface area contributed by atoms with Crippen molar-refractivity contribution in [3.8, 4) is 5.69 Å². The van der Waals surface area contributed by atoms with Crippen LogP contribution < -0.4 is 5.32 Å². The second-order valence-electron chi connectivity index (χ2n) is 3.68. The highest BCUT2D eigenvalue weighted by atomic mass is 32.1. The fourth-order valence-corrected chi connectivity index (χ4v) is 2.09. The van der Waals surface area contributed by atoms with Crippen molar-refractivity contribution in [2.45, 2.75) is 0 Å². The minimum Gasteiger partial charge on any atom is -0.298 e. The molecule has 0 spiro atoms. The standard InChI is InChI=1S/C12H9N5OS/c18-11(16-12-14-5-6-19-12)9-1-3-10(4-2-9)17-8-13-7-15-17/h1-8H,(H,14,16,18). The van der Waals surface area contributed by atoms with Crippen LogP contribution in [0.25, 0.3) is 5.69 Å². The van der Waals surface area contributed by atoms with E-state index >= 15 is 0 Å². The molecule has 0 fully saturated rings.